The Labute approximate surface area is 216 Å². The molecule has 1 amide bonds. The number of rotatable bonds is 3. The number of carbonyl (C=O) groups excluding carboxylic acids is 1. The maximum absolute atomic E-state index is 14.4. The number of carbonyl (C=O) groups is 1. The fourth-order valence-electron chi connectivity index (χ4n) is 6.91. The molecular formula is C30H31ClFN3O. The number of likely N-dealkylation sites (tertiary alicyclic amines) is 1. The molecule has 0 saturated carbocycles. The topological polar surface area (TPSA) is 45.2 Å². The molecule has 1 aromatic heterocycles. The molecule has 0 radical (unpaired) electrons. The number of nitrogens with zero attached hydrogens (tertiary/aromatic N) is 2. The van der Waals surface area contributed by atoms with Crippen molar-refractivity contribution < 1.29 is 9.18 Å². The van der Waals surface area contributed by atoms with Crippen LogP contribution >= 0.6 is 11.6 Å². The quantitative estimate of drug-likeness (QED) is 0.458. The zero-order chi connectivity index (χ0) is 24.7. The van der Waals surface area contributed by atoms with Crippen LogP contribution < -0.4 is 5.32 Å². The average molecular weight is 504 g/mol. The monoisotopic (exact) mass is 503 g/mol. The molecule has 1 aliphatic carbocycles. The first-order valence-corrected chi connectivity index (χ1v) is 13.4. The van der Waals surface area contributed by atoms with E-state index in [4.69, 9.17) is 11.6 Å². The molecular weight excluding hydrogens is 473 g/mol. The summed E-state index contributed by atoms with van der Waals surface area (Å²) in [6.45, 7) is 2.13. The molecule has 6 heteroatoms. The third kappa shape index (κ3) is 4.12. The number of amides is 1. The fraction of sp³-hybridized carbons (Fsp3) is 0.400. The van der Waals surface area contributed by atoms with Crippen LogP contribution in [0.25, 0.3) is 0 Å². The van der Waals surface area contributed by atoms with Crippen molar-refractivity contribution in [3.63, 3.8) is 0 Å². The van der Waals surface area contributed by atoms with E-state index in [1.54, 1.807) is 0 Å². The standard InChI is InChI=1S/C30H31ClFN3O/c31-28-13-12-24-26(34-28)7-4-15-30(24)19-33-18-25(30)29(36)35-16-14-22(20-5-2-1-3-6-20)17-27(35)21-8-10-23(32)11-9-21/h1-3,5-6,8-13,22,25,27,33H,4,7,14-19H2. The molecule has 1 spiro atoms. The van der Waals surface area contributed by atoms with Crippen molar-refractivity contribution in [2.24, 2.45) is 5.92 Å². The summed E-state index contributed by atoms with van der Waals surface area (Å²) >= 11 is 6.23. The highest BCUT2D eigenvalue weighted by atomic mass is 35.5. The van der Waals surface area contributed by atoms with Crippen molar-refractivity contribution in [3.8, 4) is 0 Å². The summed E-state index contributed by atoms with van der Waals surface area (Å²) < 4.78 is 13.8. The van der Waals surface area contributed by atoms with Crippen molar-refractivity contribution >= 4 is 17.5 Å². The number of pyridine rings is 1. The molecule has 3 aromatic rings. The third-order valence-electron chi connectivity index (χ3n) is 8.68. The average Bonchev–Trinajstić information content (AvgIpc) is 3.32. The summed E-state index contributed by atoms with van der Waals surface area (Å²) in [4.78, 5) is 21.1. The smallest absolute Gasteiger partial charge is 0.228 e. The maximum Gasteiger partial charge on any atom is 0.228 e. The molecule has 6 rings (SSSR count). The molecule has 2 aliphatic heterocycles. The largest absolute Gasteiger partial charge is 0.335 e. The number of aromatic nitrogens is 1. The van der Waals surface area contributed by atoms with Gasteiger partial charge in [0.15, 0.2) is 0 Å². The molecule has 1 N–H and O–H groups in total. The number of benzene rings is 2. The Morgan fingerprint density at radius 2 is 1.86 bits per heavy atom. The van der Waals surface area contributed by atoms with Gasteiger partial charge < -0.3 is 10.2 Å². The predicted octanol–water partition coefficient (Wildman–Crippen LogP) is 5.82. The molecule has 2 saturated heterocycles. The molecule has 2 aromatic carbocycles. The highest BCUT2D eigenvalue weighted by molar-refractivity contribution is 6.29. The lowest BCUT2D eigenvalue weighted by atomic mass is 9.65. The van der Waals surface area contributed by atoms with E-state index in [1.807, 2.05) is 24.3 Å². The minimum Gasteiger partial charge on any atom is -0.335 e. The van der Waals surface area contributed by atoms with E-state index in [-0.39, 0.29) is 29.1 Å². The van der Waals surface area contributed by atoms with Crippen LogP contribution in [-0.4, -0.2) is 35.4 Å². The van der Waals surface area contributed by atoms with Crippen LogP contribution in [0.4, 0.5) is 4.39 Å². The minimum atomic E-state index is -0.258. The van der Waals surface area contributed by atoms with Crippen molar-refractivity contribution in [2.75, 3.05) is 19.6 Å². The van der Waals surface area contributed by atoms with E-state index >= 15 is 0 Å². The summed E-state index contributed by atoms with van der Waals surface area (Å²) in [6, 6.07) is 21.1. The van der Waals surface area contributed by atoms with Crippen LogP contribution in [0, 0.1) is 11.7 Å². The van der Waals surface area contributed by atoms with Crippen LogP contribution in [-0.2, 0) is 16.6 Å². The fourth-order valence-corrected chi connectivity index (χ4v) is 7.08. The van der Waals surface area contributed by atoms with Crippen molar-refractivity contribution in [2.45, 2.75) is 49.5 Å². The molecule has 4 nitrogen and oxygen atoms in total. The lowest BCUT2D eigenvalue weighted by Gasteiger charge is -2.45. The number of aryl methyl sites for hydroxylation is 1. The molecule has 0 bridgehead atoms. The van der Waals surface area contributed by atoms with E-state index in [9.17, 15) is 9.18 Å². The number of hydrogen-bond donors (Lipinski definition) is 1. The highest BCUT2D eigenvalue weighted by Crippen LogP contribution is 2.48. The van der Waals surface area contributed by atoms with Gasteiger partial charge in [0.1, 0.15) is 11.0 Å². The van der Waals surface area contributed by atoms with Crippen molar-refractivity contribution in [1.29, 1.82) is 0 Å². The number of fused-ring (bicyclic) bond motifs is 2. The second-order valence-electron chi connectivity index (χ2n) is 10.6. The van der Waals surface area contributed by atoms with Crippen LogP contribution in [0.5, 0.6) is 0 Å². The van der Waals surface area contributed by atoms with E-state index < -0.39 is 0 Å². The zero-order valence-electron chi connectivity index (χ0n) is 20.3. The predicted molar refractivity (Wildman–Crippen MR) is 139 cm³/mol. The first-order chi connectivity index (χ1) is 17.5. The second kappa shape index (κ2) is 9.60. The van der Waals surface area contributed by atoms with Gasteiger partial charge in [-0.2, -0.15) is 0 Å². The van der Waals surface area contributed by atoms with Gasteiger partial charge in [-0.1, -0.05) is 60.1 Å². The SMILES string of the molecule is O=C(C1CNCC12CCCc1nc(Cl)ccc12)N1CCC(c2ccccc2)CC1c1ccc(F)cc1. The molecule has 3 aliphatic rings. The van der Waals surface area contributed by atoms with Gasteiger partial charge in [-0.3, -0.25) is 4.79 Å². The summed E-state index contributed by atoms with van der Waals surface area (Å²) in [6.07, 6.45) is 4.63. The first-order valence-electron chi connectivity index (χ1n) is 13.0. The van der Waals surface area contributed by atoms with Crippen LogP contribution in [0.2, 0.25) is 5.15 Å². The number of piperidine rings is 1. The Bertz CT molecular complexity index is 1250. The van der Waals surface area contributed by atoms with Gasteiger partial charge in [0.25, 0.3) is 0 Å². The molecule has 3 heterocycles. The lowest BCUT2D eigenvalue weighted by Crippen LogP contribution is -2.50. The Hall–Kier alpha value is -2.76. The van der Waals surface area contributed by atoms with E-state index in [0.717, 1.165) is 49.9 Å². The molecule has 186 valence electrons. The van der Waals surface area contributed by atoms with Crippen LogP contribution in [0.3, 0.4) is 0 Å². The summed E-state index contributed by atoms with van der Waals surface area (Å²) in [5, 5.41) is 4.06. The maximum atomic E-state index is 14.4. The van der Waals surface area contributed by atoms with Gasteiger partial charge in [0.2, 0.25) is 5.91 Å². The normalized spacial score (nSPS) is 27.7. The first kappa shape index (κ1) is 23.6. The van der Waals surface area contributed by atoms with E-state index in [1.165, 1.54) is 23.3 Å². The van der Waals surface area contributed by atoms with Gasteiger partial charge >= 0.3 is 0 Å². The van der Waals surface area contributed by atoms with Crippen molar-refractivity contribution in [1.82, 2.24) is 15.2 Å². The highest BCUT2D eigenvalue weighted by Gasteiger charge is 2.52. The lowest BCUT2D eigenvalue weighted by molar-refractivity contribution is -0.141. The molecule has 2 fully saturated rings. The van der Waals surface area contributed by atoms with Gasteiger partial charge in [-0.15, -0.1) is 0 Å². The number of nitrogens with one attached hydrogen (secondary N) is 1. The molecule has 36 heavy (non-hydrogen) atoms. The Morgan fingerprint density at radius 1 is 1.06 bits per heavy atom. The van der Waals surface area contributed by atoms with E-state index in [2.05, 4.69) is 45.5 Å². The van der Waals surface area contributed by atoms with Gasteiger partial charge in [0, 0.05) is 30.7 Å². The zero-order valence-corrected chi connectivity index (χ0v) is 21.1. The molecule has 4 unspecified atom stereocenters. The number of hydrogen-bond acceptors (Lipinski definition) is 3. The van der Waals surface area contributed by atoms with Crippen molar-refractivity contribution in [3.05, 3.63) is 100 Å². The molecule has 4 atom stereocenters. The minimum absolute atomic E-state index is 0.0823. The van der Waals surface area contributed by atoms with Crippen LogP contribution in [0.15, 0.2) is 66.7 Å². The summed E-state index contributed by atoms with van der Waals surface area (Å²) in [7, 11) is 0. The van der Waals surface area contributed by atoms with Gasteiger partial charge in [0.05, 0.1) is 12.0 Å². The van der Waals surface area contributed by atoms with Crippen LogP contribution in [0.1, 0.15) is 60.0 Å². The Kier molecular flexibility index (Phi) is 6.30. The third-order valence-corrected chi connectivity index (χ3v) is 8.89. The Balaban J connectivity index is 1.34. The van der Waals surface area contributed by atoms with Gasteiger partial charge in [-0.25, -0.2) is 9.37 Å². The second-order valence-corrected chi connectivity index (χ2v) is 10.9. The summed E-state index contributed by atoms with van der Waals surface area (Å²) in [5.41, 5.74) is 4.26. The summed E-state index contributed by atoms with van der Waals surface area (Å²) in [5.74, 6) is 0.151. The van der Waals surface area contributed by atoms with Gasteiger partial charge in [-0.05, 0) is 72.9 Å². The Morgan fingerprint density at radius 3 is 2.67 bits per heavy atom. The number of halogens is 2. The van der Waals surface area contributed by atoms with E-state index in [0.29, 0.717) is 24.2 Å².